The first-order valence-electron chi connectivity index (χ1n) is 6.41. The minimum absolute atomic E-state index is 0.298. The molecule has 0 spiro atoms. The van der Waals surface area contributed by atoms with Crippen molar-refractivity contribution in [2.24, 2.45) is 0 Å². The number of rotatable bonds is 6. The van der Waals surface area contributed by atoms with E-state index >= 15 is 0 Å². The van der Waals surface area contributed by atoms with Crippen molar-refractivity contribution in [3.63, 3.8) is 0 Å². The molecule has 1 aliphatic rings. The molecule has 18 heavy (non-hydrogen) atoms. The molecule has 0 amide bonds. The summed E-state index contributed by atoms with van der Waals surface area (Å²) in [4.78, 5) is 0. The number of nitrogens with one attached hydrogen (secondary N) is 1. The van der Waals surface area contributed by atoms with Gasteiger partial charge in [-0.3, -0.25) is 0 Å². The van der Waals surface area contributed by atoms with Crippen molar-refractivity contribution in [1.29, 1.82) is 0 Å². The number of methoxy groups -OCH3 is 1. The summed E-state index contributed by atoms with van der Waals surface area (Å²) in [7, 11) is 1.73. The van der Waals surface area contributed by atoms with Gasteiger partial charge in [-0.15, -0.1) is 0 Å². The van der Waals surface area contributed by atoms with Gasteiger partial charge in [-0.1, -0.05) is 18.5 Å². The number of halogens is 1. The molecule has 0 fully saturated rings. The Morgan fingerprint density at radius 2 is 2.33 bits per heavy atom. The van der Waals surface area contributed by atoms with Gasteiger partial charge in [0.1, 0.15) is 5.75 Å². The van der Waals surface area contributed by atoms with Crippen LogP contribution in [0, 0.1) is 0 Å². The van der Waals surface area contributed by atoms with E-state index in [1.54, 1.807) is 7.11 Å². The van der Waals surface area contributed by atoms with E-state index in [-0.39, 0.29) is 0 Å². The van der Waals surface area contributed by atoms with Gasteiger partial charge in [-0.25, -0.2) is 0 Å². The zero-order valence-corrected chi connectivity index (χ0v) is 11.7. The minimum atomic E-state index is 0.298. The third-order valence-electron chi connectivity index (χ3n) is 3.15. The summed E-state index contributed by atoms with van der Waals surface area (Å²) in [6, 6.07) is 4.31. The Bertz CT molecular complexity index is 403. The average molecular weight is 270 g/mol. The summed E-state index contributed by atoms with van der Waals surface area (Å²) >= 11 is 6.16. The van der Waals surface area contributed by atoms with Crippen LogP contribution in [0.1, 0.15) is 18.1 Å². The maximum atomic E-state index is 6.16. The van der Waals surface area contributed by atoms with Crippen molar-refractivity contribution < 1.29 is 9.47 Å². The first-order valence-corrected chi connectivity index (χ1v) is 6.78. The second-order valence-corrected chi connectivity index (χ2v) is 5.00. The monoisotopic (exact) mass is 269 g/mol. The van der Waals surface area contributed by atoms with Crippen molar-refractivity contribution in [2.75, 3.05) is 26.9 Å². The van der Waals surface area contributed by atoms with Gasteiger partial charge in [0.05, 0.1) is 13.2 Å². The van der Waals surface area contributed by atoms with Gasteiger partial charge in [0.2, 0.25) is 0 Å². The third-order valence-corrected chi connectivity index (χ3v) is 3.37. The molecule has 0 saturated heterocycles. The molecule has 1 heterocycles. The molecule has 3 nitrogen and oxygen atoms in total. The van der Waals surface area contributed by atoms with Crippen molar-refractivity contribution in [3.8, 4) is 5.75 Å². The number of fused-ring (bicyclic) bond motifs is 1. The number of benzene rings is 1. The normalized spacial score (nSPS) is 15.3. The molecule has 0 radical (unpaired) electrons. The molecule has 0 aliphatic carbocycles. The molecule has 1 N–H and O–H groups in total. The smallest absolute Gasteiger partial charge is 0.125 e. The molecule has 1 aromatic rings. The Morgan fingerprint density at radius 1 is 1.50 bits per heavy atom. The van der Waals surface area contributed by atoms with Crippen LogP contribution in [0.4, 0.5) is 0 Å². The maximum Gasteiger partial charge on any atom is 0.125 e. The van der Waals surface area contributed by atoms with E-state index in [2.05, 4.69) is 12.2 Å². The Labute approximate surface area is 113 Å². The van der Waals surface area contributed by atoms with Crippen molar-refractivity contribution >= 4 is 11.6 Å². The summed E-state index contributed by atoms with van der Waals surface area (Å²) in [6.45, 7) is 4.48. The van der Waals surface area contributed by atoms with Crippen LogP contribution in [-0.2, 0) is 17.6 Å². The van der Waals surface area contributed by atoms with Gasteiger partial charge in [-0.05, 0) is 36.2 Å². The molecule has 1 atom stereocenters. The van der Waals surface area contributed by atoms with E-state index in [1.807, 2.05) is 12.1 Å². The lowest BCUT2D eigenvalue weighted by molar-refractivity contribution is 0.166. The summed E-state index contributed by atoms with van der Waals surface area (Å²) in [5, 5.41) is 4.21. The minimum Gasteiger partial charge on any atom is -0.493 e. The van der Waals surface area contributed by atoms with Crippen LogP contribution in [0.2, 0.25) is 5.02 Å². The second kappa shape index (κ2) is 6.41. The molecule has 1 aromatic carbocycles. The van der Waals surface area contributed by atoms with Crippen LogP contribution < -0.4 is 10.1 Å². The fourth-order valence-electron chi connectivity index (χ4n) is 2.44. The van der Waals surface area contributed by atoms with Crippen molar-refractivity contribution in [1.82, 2.24) is 5.32 Å². The zero-order chi connectivity index (χ0) is 13.0. The highest BCUT2D eigenvalue weighted by Crippen LogP contribution is 2.33. The Kier molecular flexibility index (Phi) is 4.87. The van der Waals surface area contributed by atoms with Gasteiger partial charge in [0.25, 0.3) is 0 Å². The first-order chi connectivity index (χ1) is 8.74. The largest absolute Gasteiger partial charge is 0.493 e. The molecule has 0 aromatic heterocycles. The molecule has 0 saturated carbocycles. The molecule has 4 heteroatoms. The second-order valence-electron chi connectivity index (χ2n) is 4.57. The van der Waals surface area contributed by atoms with Crippen LogP contribution in [-0.4, -0.2) is 32.9 Å². The highest BCUT2D eigenvalue weighted by Gasteiger charge is 2.19. The quantitative estimate of drug-likeness (QED) is 0.861. The number of hydrogen-bond acceptors (Lipinski definition) is 3. The standard InChI is InChI=1S/C14H20ClNO2/c1-3-16-13(9-17-2)8-11-7-12(15)6-10-4-5-18-14(10)11/h6-7,13,16H,3-5,8-9H2,1-2H3. The summed E-state index contributed by atoms with van der Waals surface area (Å²) in [5.74, 6) is 1.03. The Balaban J connectivity index is 2.17. The first kappa shape index (κ1) is 13.7. The highest BCUT2D eigenvalue weighted by molar-refractivity contribution is 6.30. The van der Waals surface area contributed by atoms with Gasteiger partial charge in [0, 0.05) is 24.6 Å². The van der Waals surface area contributed by atoms with Gasteiger partial charge >= 0.3 is 0 Å². The van der Waals surface area contributed by atoms with Crippen LogP contribution in [0.5, 0.6) is 5.75 Å². The van der Waals surface area contributed by atoms with Crippen molar-refractivity contribution in [3.05, 3.63) is 28.3 Å². The number of hydrogen-bond donors (Lipinski definition) is 1. The molecule has 0 bridgehead atoms. The molecule has 100 valence electrons. The van der Waals surface area contributed by atoms with E-state index in [0.29, 0.717) is 12.6 Å². The van der Waals surface area contributed by atoms with Gasteiger partial charge in [0.15, 0.2) is 0 Å². The van der Waals surface area contributed by atoms with Crippen LogP contribution >= 0.6 is 11.6 Å². The Morgan fingerprint density at radius 3 is 3.06 bits per heavy atom. The zero-order valence-electron chi connectivity index (χ0n) is 11.0. The van der Waals surface area contributed by atoms with E-state index in [1.165, 1.54) is 11.1 Å². The van der Waals surface area contributed by atoms with Crippen LogP contribution in [0.3, 0.4) is 0 Å². The predicted octanol–water partition coefficient (Wildman–Crippen LogP) is 2.44. The molecular formula is C14H20ClNO2. The number of ether oxygens (including phenoxy) is 2. The molecule has 2 rings (SSSR count). The fourth-order valence-corrected chi connectivity index (χ4v) is 2.71. The van der Waals surface area contributed by atoms with E-state index in [4.69, 9.17) is 21.1 Å². The lowest BCUT2D eigenvalue weighted by atomic mass is 10.0. The summed E-state index contributed by atoms with van der Waals surface area (Å²) in [6.07, 6.45) is 1.84. The summed E-state index contributed by atoms with van der Waals surface area (Å²) in [5.41, 5.74) is 2.41. The molecule has 1 aliphatic heterocycles. The van der Waals surface area contributed by atoms with E-state index < -0.39 is 0 Å². The third kappa shape index (κ3) is 3.16. The van der Waals surface area contributed by atoms with Crippen LogP contribution in [0.25, 0.3) is 0 Å². The fraction of sp³-hybridized carbons (Fsp3) is 0.571. The number of likely N-dealkylation sites (N-methyl/N-ethyl adjacent to an activating group) is 1. The lowest BCUT2D eigenvalue weighted by Crippen LogP contribution is -2.35. The molecule has 1 unspecified atom stereocenters. The molecular weight excluding hydrogens is 250 g/mol. The highest BCUT2D eigenvalue weighted by atomic mass is 35.5. The van der Waals surface area contributed by atoms with E-state index in [0.717, 1.165) is 36.8 Å². The van der Waals surface area contributed by atoms with Gasteiger partial charge < -0.3 is 14.8 Å². The van der Waals surface area contributed by atoms with E-state index in [9.17, 15) is 0 Å². The van der Waals surface area contributed by atoms with Crippen molar-refractivity contribution in [2.45, 2.75) is 25.8 Å². The predicted molar refractivity (Wildman–Crippen MR) is 73.7 cm³/mol. The van der Waals surface area contributed by atoms with Crippen LogP contribution in [0.15, 0.2) is 12.1 Å². The SMILES string of the molecule is CCNC(COC)Cc1cc(Cl)cc2c1OCC2. The summed E-state index contributed by atoms with van der Waals surface area (Å²) < 4.78 is 11.0. The average Bonchev–Trinajstić information content (AvgIpc) is 2.77. The topological polar surface area (TPSA) is 30.5 Å². The lowest BCUT2D eigenvalue weighted by Gasteiger charge is -2.18. The maximum absolute atomic E-state index is 6.16. The van der Waals surface area contributed by atoms with Gasteiger partial charge in [-0.2, -0.15) is 0 Å². The Hall–Kier alpha value is -0.770.